The highest BCUT2D eigenvalue weighted by Gasteiger charge is 2.08. The summed E-state index contributed by atoms with van der Waals surface area (Å²) in [5, 5.41) is 9.24. The summed E-state index contributed by atoms with van der Waals surface area (Å²) in [5.41, 5.74) is 1.37. The van der Waals surface area contributed by atoms with E-state index in [0.717, 1.165) is 12.1 Å². The van der Waals surface area contributed by atoms with Crippen LogP contribution in [-0.2, 0) is 0 Å². The van der Waals surface area contributed by atoms with Crippen molar-refractivity contribution < 1.29 is 4.79 Å². The summed E-state index contributed by atoms with van der Waals surface area (Å²) in [5.74, 6) is 2.41. The molecule has 0 aliphatic rings. The largest absolute Gasteiger partial charge is 0.352 e. The third kappa shape index (κ3) is 2.63. The number of aromatic nitrogens is 2. The SMILES string of the molecule is C#CCCCNC(=O)c1cn[nH]c1C. The maximum Gasteiger partial charge on any atom is 0.254 e. The number of aryl methyl sites for hydroxylation is 1. The molecule has 0 spiro atoms. The monoisotopic (exact) mass is 191 g/mol. The molecule has 0 aliphatic carbocycles. The second-order valence-electron chi connectivity index (χ2n) is 2.97. The van der Waals surface area contributed by atoms with E-state index in [2.05, 4.69) is 21.4 Å². The third-order valence-electron chi connectivity index (χ3n) is 1.86. The molecule has 1 aromatic rings. The number of aromatic amines is 1. The van der Waals surface area contributed by atoms with Gasteiger partial charge in [-0.2, -0.15) is 5.10 Å². The molecule has 1 amide bonds. The number of hydrogen-bond donors (Lipinski definition) is 2. The Kier molecular flexibility index (Phi) is 3.74. The van der Waals surface area contributed by atoms with Gasteiger partial charge in [0.2, 0.25) is 0 Å². The smallest absolute Gasteiger partial charge is 0.254 e. The van der Waals surface area contributed by atoms with Crippen molar-refractivity contribution in [3.8, 4) is 12.3 Å². The summed E-state index contributed by atoms with van der Waals surface area (Å²) in [6, 6.07) is 0. The number of carbonyl (C=O) groups is 1. The number of terminal acetylenes is 1. The summed E-state index contributed by atoms with van der Waals surface area (Å²) < 4.78 is 0. The number of amides is 1. The van der Waals surface area contributed by atoms with Crippen molar-refractivity contribution in [1.29, 1.82) is 0 Å². The maximum absolute atomic E-state index is 11.5. The molecule has 0 fully saturated rings. The molecule has 0 aliphatic heterocycles. The molecule has 0 bridgehead atoms. The lowest BCUT2D eigenvalue weighted by molar-refractivity contribution is 0.0953. The zero-order chi connectivity index (χ0) is 10.4. The van der Waals surface area contributed by atoms with Crippen LogP contribution in [0.2, 0.25) is 0 Å². The molecule has 4 heteroatoms. The van der Waals surface area contributed by atoms with E-state index in [4.69, 9.17) is 6.42 Å². The van der Waals surface area contributed by atoms with Crippen LogP contribution < -0.4 is 5.32 Å². The topological polar surface area (TPSA) is 57.8 Å². The van der Waals surface area contributed by atoms with Gasteiger partial charge in [0.25, 0.3) is 5.91 Å². The molecule has 1 heterocycles. The van der Waals surface area contributed by atoms with Gasteiger partial charge in [-0.05, 0) is 13.3 Å². The number of carbonyl (C=O) groups excluding carboxylic acids is 1. The summed E-state index contributed by atoms with van der Waals surface area (Å²) in [6.45, 7) is 2.41. The molecule has 1 aromatic heterocycles. The second kappa shape index (κ2) is 5.07. The van der Waals surface area contributed by atoms with Crippen molar-refractivity contribution in [1.82, 2.24) is 15.5 Å². The molecule has 0 atom stereocenters. The van der Waals surface area contributed by atoms with Crippen molar-refractivity contribution >= 4 is 5.91 Å². The highest BCUT2D eigenvalue weighted by molar-refractivity contribution is 5.94. The molecule has 0 unspecified atom stereocenters. The fourth-order valence-electron chi connectivity index (χ4n) is 1.07. The summed E-state index contributed by atoms with van der Waals surface area (Å²) in [7, 11) is 0. The first-order chi connectivity index (χ1) is 6.75. The van der Waals surface area contributed by atoms with Crippen LogP contribution in [0.15, 0.2) is 6.20 Å². The molecule has 4 nitrogen and oxygen atoms in total. The molecule has 14 heavy (non-hydrogen) atoms. The Hall–Kier alpha value is -1.76. The number of hydrogen-bond acceptors (Lipinski definition) is 2. The first kappa shape index (κ1) is 10.3. The first-order valence-corrected chi connectivity index (χ1v) is 4.47. The average Bonchev–Trinajstić information content (AvgIpc) is 2.59. The lowest BCUT2D eigenvalue weighted by Crippen LogP contribution is -2.24. The van der Waals surface area contributed by atoms with Gasteiger partial charge in [-0.15, -0.1) is 12.3 Å². The molecule has 1 rings (SSSR count). The van der Waals surface area contributed by atoms with Gasteiger partial charge in [0.1, 0.15) is 0 Å². The Balaban J connectivity index is 2.37. The van der Waals surface area contributed by atoms with Crippen molar-refractivity contribution in [2.75, 3.05) is 6.54 Å². The van der Waals surface area contributed by atoms with Gasteiger partial charge in [-0.25, -0.2) is 0 Å². The van der Waals surface area contributed by atoms with Gasteiger partial charge in [-0.1, -0.05) is 0 Å². The quantitative estimate of drug-likeness (QED) is 0.548. The molecule has 74 valence electrons. The van der Waals surface area contributed by atoms with Crippen molar-refractivity contribution in [3.63, 3.8) is 0 Å². The molecule has 0 saturated heterocycles. The Bertz CT molecular complexity index is 348. The molecule has 0 aromatic carbocycles. The van der Waals surface area contributed by atoms with Crippen LogP contribution in [0.5, 0.6) is 0 Å². The summed E-state index contributed by atoms with van der Waals surface area (Å²) >= 11 is 0. The Morgan fingerprint density at radius 1 is 1.79 bits per heavy atom. The lowest BCUT2D eigenvalue weighted by atomic mass is 10.2. The highest BCUT2D eigenvalue weighted by Crippen LogP contribution is 2.01. The van der Waals surface area contributed by atoms with E-state index in [9.17, 15) is 4.79 Å². The Morgan fingerprint density at radius 3 is 3.14 bits per heavy atom. The molecular weight excluding hydrogens is 178 g/mol. The normalized spacial score (nSPS) is 9.43. The van der Waals surface area contributed by atoms with E-state index in [0.29, 0.717) is 18.5 Å². The second-order valence-corrected chi connectivity index (χ2v) is 2.97. The Labute approximate surface area is 83.1 Å². The van der Waals surface area contributed by atoms with E-state index in [-0.39, 0.29) is 5.91 Å². The van der Waals surface area contributed by atoms with Crippen LogP contribution in [0.1, 0.15) is 28.9 Å². The fraction of sp³-hybridized carbons (Fsp3) is 0.400. The van der Waals surface area contributed by atoms with Crippen LogP contribution in [0, 0.1) is 19.3 Å². The third-order valence-corrected chi connectivity index (χ3v) is 1.86. The van der Waals surface area contributed by atoms with Gasteiger partial charge in [0.05, 0.1) is 11.8 Å². The van der Waals surface area contributed by atoms with Crippen LogP contribution in [-0.4, -0.2) is 22.6 Å². The number of H-pyrrole nitrogens is 1. The van der Waals surface area contributed by atoms with Gasteiger partial charge < -0.3 is 5.32 Å². The average molecular weight is 191 g/mol. The predicted octanol–water partition coefficient (Wildman–Crippen LogP) is 0.861. The lowest BCUT2D eigenvalue weighted by Gasteiger charge is -2.01. The minimum atomic E-state index is -0.103. The molecular formula is C10H13N3O. The van der Waals surface area contributed by atoms with E-state index in [1.54, 1.807) is 0 Å². The molecule has 0 saturated carbocycles. The first-order valence-electron chi connectivity index (χ1n) is 4.47. The van der Waals surface area contributed by atoms with Crippen molar-refractivity contribution in [2.45, 2.75) is 19.8 Å². The van der Waals surface area contributed by atoms with Crippen LogP contribution in [0.25, 0.3) is 0 Å². The van der Waals surface area contributed by atoms with Crippen molar-refractivity contribution in [2.24, 2.45) is 0 Å². The minimum Gasteiger partial charge on any atom is -0.352 e. The number of unbranched alkanes of at least 4 members (excludes halogenated alkanes) is 1. The van der Waals surface area contributed by atoms with E-state index >= 15 is 0 Å². The van der Waals surface area contributed by atoms with E-state index in [1.165, 1.54) is 6.20 Å². The van der Waals surface area contributed by atoms with Gasteiger partial charge in [0, 0.05) is 18.7 Å². The van der Waals surface area contributed by atoms with E-state index in [1.807, 2.05) is 6.92 Å². The predicted molar refractivity (Wildman–Crippen MR) is 53.7 cm³/mol. The summed E-state index contributed by atoms with van der Waals surface area (Å²) in [4.78, 5) is 11.5. The fourth-order valence-corrected chi connectivity index (χ4v) is 1.07. The zero-order valence-corrected chi connectivity index (χ0v) is 8.13. The number of rotatable bonds is 4. The molecule has 2 N–H and O–H groups in total. The standard InChI is InChI=1S/C10H13N3O/c1-3-4-5-6-11-10(14)9-7-12-13-8(9)2/h1,7H,4-6H2,2H3,(H,11,14)(H,12,13). The van der Waals surface area contributed by atoms with Crippen LogP contribution >= 0.6 is 0 Å². The van der Waals surface area contributed by atoms with Gasteiger partial charge in [-0.3, -0.25) is 9.89 Å². The number of nitrogens with one attached hydrogen (secondary N) is 2. The van der Waals surface area contributed by atoms with Crippen LogP contribution in [0.3, 0.4) is 0 Å². The molecule has 0 radical (unpaired) electrons. The van der Waals surface area contributed by atoms with E-state index < -0.39 is 0 Å². The minimum absolute atomic E-state index is 0.103. The zero-order valence-electron chi connectivity index (χ0n) is 8.13. The Morgan fingerprint density at radius 2 is 2.57 bits per heavy atom. The maximum atomic E-state index is 11.5. The highest BCUT2D eigenvalue weighted by atomic mass is 16.1. The van der Waals surface area contributed by atoms with Gasteiger partial charge >= 0.3 is 0 Å². The van der Waals surface area contributed by atoms with Crippen LogP contribution in [0.4, 0.5) is 0 Å². The number of nitrogens with zero attached hydrogens (tertiary/aromatic N) is 1. The van der Waals surface area contributed by atoms with Gasteiger partial charge in [0.15, 0.2) is 0 Å². The van der Waals surface area contributed by atoms with Crippen molar-refractivity contribution in [3.05, 3.63) is 17.5 Å². The summed E-state index contributed by atoms with van der Waals surface area (Å²) in [6.07, 6.45) is 8.10.